The topological polar surface area (TPSA) is 4.44 Å². The van der Waals surface area contributed by atoms with Crippen LogP contribution in [-0.2, 0) is 6.54 Å². The maximum absolute atomic E-state index is 2.36. The van der Waals surface area contributed by atoms with Gasteiger partial charge in [-0.1, -0.05) is 17.7 Å². The van der Waals surface area contributed by atoms with Gasteiger partial charge in [0.1, 0.15) is 6.54 Å². The van der Waals surface area contributed by atoms with Crippen LogP contribution in [-0.4, -0.2) is 13.1 Å². The molecule has 1 saturated heterocycles. The number of benzene rings is 1. The molecule has 3 rings (SSSR count). The van der Waals surface area contributed by atoms with Crippen molar-refractivity contribution < 1.29 is 4.90 Å². The lowest BCUT2D eigenvalue weighted by atomic mass is 10.1. The van der Waals surface area contributed by atoms with E-state index in [1.54, 1.807) is 10.5 Å². The molecule has 0 aliphatic carbocycles. The Balaban J connectivity index is 1.93. The zero-order chi connectivity index (χ0) is 11.0. The largest absolute Gasteiger partial charge is 0.331 e. The fourth-order valence-electron chi connectivity index (χ4n) is 2.65. The number of fused-ring (bicyclic) bond motifs is 1. The minimum Gasteiger partial charge on any atom is -0.331 e. The molecule has 2 aromatic rings. The van der Waals surface area contributed by atoms with Crippen LogP contribution in [0.15, 0.2) is 23.6 Å². The van der Waals surface area contributed by atoms with Gasteiger partial charge in [0.15, 0.2) is 0 Å². The molecule has 0 saturated carbocycles. The molecule has 0 amide bonds. The first kappa shape index (κ1) is 10.3. The van der Waals surface area contributed by atoms with E-state index in [0.717, 1.165) is 0 Å². The predicted molar refractivity (Wildman–Crippen MR) is 70.2 cm³/mol. The third kappa shape index (κ3) is 1.87. The molecule has 1 aromatic heterocycles. The van der Waals surface area contributed by atoms with Crippen LogP contribution in [0, 0.1) is 6.92 Å². The second kappa shape index (κ2) is 4.19. The van der Waals surface area contributed by atoms with E-state index in [4.69, 9.17) is 0 Å². The number of thiophene rings is 1. The summed E-state index contributed by atoms with van der Waals surface area (Å²) in [4.78, 5) is 1.77. The van der Waals surface area contributed by atoms with Crippen LogP contribution in [0.2, 0.25) is 0 Å². The molecule has 16 heavy (non-hydrogen) atoms. The molecule has 0 unspecified atom stereocenters. The molecule has 0 bridgehead atoms. The number of hydrogen-bond acceptors (Lipinski definition) is 1. The van der Waals surface area contributed by atoms with E-state index in [-0.39, 0.29) is 0 Å². The van der Waals surface area contributed by atoms with Crippen molar-refractivity contribution in [1.82, 2.24) is 0 Å². The lowest BCUT2D eigenvalue weighted by Crippen LogP contribution is -3.08. The standard InChI is InChI=1S/C14H17NS/c1-11-4-5-14-13(8-11)12(10-16-14)9-15-6-2-3-7-15/h4-5,8,10H,2-3,6-7,9H2,1H3/p+1. The van der Waals surface area contributed by atoms with Crippen molar-refractivity contribution in [2.24, 2.45) is 0 Å². The molecule has 0 radical (unpaired) electrons. The van der Waals surface area contributed by atoms with Gasteiger partial charge in [-0.05, 0) is 13.0 Å². The molecule has 84 valence electrons. The number of likely N-dealkylation sites (tertiary alicyclic amines) is 1. The van der Waals surface area contributed by atoms with E-state index in [9.17, 15) is 0 Å². The van der Waals surface area contributed by atoms with E-state index >= 15 is 0 Å². The van der Waals surface area contributed by atoms with Gasteiger partial charge in [-0.15, -0.1) is 11.3 Å². The van der Waals surface area contributed by atoms with Crippen LogP contribution in [0.4, 0.5) is 0 Å². The number of aryl methyl sites for hydroxylation is 1. The van der Waals surface area contributed by atoms with Gasteiger partial charge in [0.05, 0.1) is 13.1 Å². The van der Waals surface area contributed by atoms with Crippen LogP contribution in [0.1, 0.15) is 24.0 Å². The van der Waals surface area contributed by atoms with Gasteiger partial charge < -0.3 is 4.90 Å². The maximum Gasteiger partial charge on any atom is 0.104 e. The Morgan fingerprint density at radius 2 is 2.06 bits per heavy atom. The minimum atomic E-state index is 1.23. The maximum atomic E-state index is 2.36. The summed E-state index contributed by atoms with van der Waals surface area (Å²) in [6, 6.07) is 6.82. The molecule has 2 heteroatoms. The monoisotopic (exact) mass is 232 g/mol. The van der Waals surface area contributed by atoms with E-state index in [2.05, 4.69) is 30.5 Å². The lowest BCUT2D eigenvalue weighted by molar-refractivity contribution is -0.901. The summed E-state index contributed by atoms with van der Waals surface area (Å²) in [5.41, 5.74) is 2.93. The molecule has 1 fully saturated rings. The second-order valence-electron chi connectivity index (χ2n) is 4.89. The molecule has 1 N–H and O–H groups in total. The van der Waals surface area contributed by atoms with Crippen LogP contribution >= 0.6 is 11.3 Å². The van der Waals surface area contributed by atoms with Crippen molar-refractivity contribution in [3.05, 3.63) is 34.7 Å². The van der Waals surface area contributed by atoms with Gasteiger partial charge in [-0.3, -0.25) is 0 Å². The highest BCUT2D eigenvalue weighted by atomic mass is 32.1. The Morgan fingerprint density at radius 1 is 1.25 bits per heavy atom. The predicted octanol–water partition coefficient (Wildman–Crippen LogP) is 2.39. The summed E-state index contributed by atoms with van der Waals surface area (Å²) in [7, 11) is 0. The summed E-state index contributed by atoms with van der Waals surface area (Å²) in [6.07, 6.45) is 2.83. The van der Waals surface area contributed by atoms with Crippen molar-refractivity contribution in [2.45, 2.75) is 26.3 Å². The van der Waals surface area contributed by atoms with E-state index in [1.165, 1.54) is 48.1 Å². The first-order chi connectivity index (χ1) is 7.83. The van der Waals surface area contributed by atoms with Crippen molar-refractivity contribution in [3.63, 3.8) is 0 Å². The molecular weight excluding hydrogens is 214 g/mol. The average Bonchev–Trinajstić information content (AvgIpc) is 2.90. The minimum absolute atomic E-state index is 1.23. The van der Waals surface area contributed by atoms with Crippen LogP contribution in [0.25, 0.3) is 10.1 Å². The normalized spacial score (nSPS) is 17.3. The Kier molecular flexibility index (Phi) is 2.70. The van der Waals surface area contributed by atoms with Crippen molar-refractivity contribution >= 4 is 21.4 Å². The molecule has 1 aliphatic heterocycles. The van der Waals surface area contributed by atoms with Gasteiger partial charge in [-0.2, -0.15) is 0 Å². The first-order valence-electron chi connectivity index (χ1n) is 6.13. The summed E-state index contributed by atoms with van der Waals surface area (Å²) < 4.78 is 1.44. The van der Waals surface area contributed by atoms with Gasteiger partial charge in [0, 0.05) is 33.9 Å². The van der Waals surface area contributed by atoms with Gasteiger partial charge in [-0.25, -0.2) is 0 Å². The van der Waals surface area contributed by atoms with Crippen molar-refractivity contribution in [1.29, 1.82) is 0 Å². The van der Waals surface area contributed by atoms with Crippen LogP contribution < -0.4 is 4.90 Å². The summed E-state index contributed by atoms with van der Waals surface area (Å²) >= 11 is 1.89. The molecule has 0 spiro atoms. The summed E-state index contributed by atoms with van der Waals surface area (Å²) in [5.74, 6) is 0. The van der Waals surface area contributed by atoms with Gasteiger partial charge >= 0.3 is 0 Å². The Bertz CT molecular complexity index is 494. The van der Waals surface area contributed by atoms with Gasteiger partial charge in [0.2, 0.25) is 0 Å². The fourth-order valence-corrected chi connectivity index (χ4v) is 3.60. The molecule has 1 aromatic carbocycles. The smallest absolute Gasteiger partial charge is 0.104 e. The number of rotatable bonds is 2. The van der Waals surface area contributed by atoms with Gasteiger partial charge in [0.25, 0.3) is 0 Å². The Hall–Kier alpha value is -0.860. The zero-order valence-corrected chi connectivity index (χ0v) is 10.6. The number of quaternary nitrogens is 1. The lowest BCUT2D eigenvalue weighted by Gasteiger charge is -2.11. The van der Waals surface area contributed by atoms with Crippen molar-refractivity contribution in [3.8, 4) is 0 Å². The zero-order valence-electron chi connectivity index (χ0n) is 9.75. The molecule has 1 aliphatic rings. The second-order valence-corrected chi connectivity index (χ2v) is 5.81. The third-order valence-corrected chi connectivity index (χ3v) is 4.57. The molecule has 0 atom stereocenters. The molecule has 1 nitrogen and oxygen atoms in total. The van der Waals surface area contributed by atoms with E-state index in [1.807, 2.05) is 11.3 Å². The highest BCUT2D eigenvalue weighted by molar-refractivity contribution is 7.17. The third-order valence-electron chi connectivity index (χ3n) is 3.56. The van der Waals surface area contributed by atoms with E-state index in [0.29, 0.717) is 0 Å². The van der Waals surface area contributed by atoms with E-state index < -0.39 is 0 Å². The summed E-state index contributed by atoms with van der Waals surface area (Å²) in [6.45, 7) is 6.14. The summed E-state index contributed by atoms with van der Waals surface area (Å²) in [5, 5.41) is 3.85. The molecular formula is C14H18NS+. The Morgan fingerprint density at radius 3 is 2.88 bits per heavy atom. The van der Waals surface area contributed by atoms with Crippen LogP contribution in [0.5, 0.6) is 0 Å². The SMILES string of the molecule is Cc1ccc2scc(C[NH+]3CCCC3)c2c1. The average molecular weight is 232 g/mol. The quantitative estimate of drug-likeness (QED) is 0.811. The van der Waals surface area contributed by atoms with Crippen molar-refractivity contribution in [2.75, 3.05) is 13.1 Å². The Labute approximate surface area is 101 Å². The fraction of sp³-hybridized carbons (Fsp3) is 0.429. The molecule has 2 heterocycles. The number of nitrogens with one attached hydrogen (secondary N) is 1. The number of hydrogen-bond donors (Lipinski definition) is 1. The van der Waals surface area contributed by atoms with Crippen LogP contribution in [0.3, 0.4) is 0 Å². The highest BCUT2D eigenvalue weighted by Crippen LogP contribution is 2.26. The first-order valence-corrected chi connectivity index (χ1v) is 7.01. The highest BCUT2D eigenvalue weighted by Gasteiger charge is 2.17.